The van der Waals surface area contributed by atoms with E-state index in [1.807, 2.05) is 32.9 Å². The molecule has 25 heavy (non-hydrogen) atoms. The third-order valence-electron chi connectivity index (χ3n) is 3.68. The first-order valence-corrected chi connectivity index (χ1v) is 8.04. The Morgan fingerprint density at radius 2 is 1.88 bits per heavy atom. The van der Waals surface area contributed by atoms with E-state index in [1.165, 1.54) is 0 Å². The summed E-state index contributed by atoms with van der Waals surface area (Å²) in [5.41, 5.74) is 0.446. The summed E-state index contributed by atoms with van der Waals surface area (Å²) in [5.74, 6) is 2.11. The molecular weight excluding hydrogens is 318 g/mol. The van der Waals surface area contributed by atoms with Crippen LogP contribution >= 0.6 is 0 Å². The van der Waals surface area contributed by atoms with Crippen LogP contribution in [0.3, 0.4) is 0 Å². The number of hydrogen-bond donors (Lipinski definition) is 1. The number of aliphatic hydroxyl groups is 1. The van der Waals surface area contributed by atoms with E-state index in [0.29, 0.717) is 23.0 Å². The van der Waals surface area contributed by atoms with Gasteiger partial charge in [0.05, 0.1) is 14.2 Å². The molecule has 1 heterocycles. The zero-order valence-corrected chi connectivity index (χ0v) is 15.3. The second kappa shape index (κ2) is 8.03. The average Bonchev–Trinajstić information content (AvgIpc) is 2.60. The highest BCUT2D eigenvalue weighted by molar-refractivity contribution is 5.53. The fourth-order valence-corrected chi connectivity index (χ4v) is 2.20. The maximum Gasteiger partial charge on any atom is 0.169 e. The third-order valence-corrected chi connectivity index (χ3v) is 3.68. The van der Waals surface area contributed by atoms with E-state index in [1.54, 1.807) is 50.9 Å². The van der Waals surface area contributed by atoms with Crippen LogP contribution in [-0.4, -0.2) is 30.4 Å². The van der Waals surface area contributed by atoms with Gasteiger partial charge in [0.15, 0.2) is 11.5 Å². The van der Waals surface area contributed by atoms with Crippen LogP contribution in [0.25, 0.3) is 6.08 Å². The molecule has 0 aliphatic rings. The van der Waals surface area contributed by atoms with E-state index < -0.39 is 11.5 Å². The van der Waals surface area contributed by atoms with E-state index in [9.17, 15) is 5.11 Å². The molecule has 134 valence electrons. The van der Waals surface area contributed by atoms with Crippen LogP contribution in [0.5, 0.6) is 17.2 Å². The summed E-state index contributed by atoms with van der Waals surface area (Å²) in [6.45, 7) is 5.84. The first-order chi connectivity index (χ1) is 11.8. The van der Waals surface area contributed by atoms with Crippen LogP contribution in [0.15, 0.2) is 48.5 Å². The average molecular weight is 343 g/mol. The lowest BCUT2D eigenvalue weighted by Crippen LogP contribution is -2.30. The topological polar surface area (TPSA) is 60.8 Å². The summed E-state index contributed by atoms with van der Waals surface area (Å²) in [6, 6.07) is 9.01. The Morgan fingerprint density at radius 3 is 2.44 bits per heavy atom. The van der Waals surface area contributed by atoms with Gasteiger partial charge < -0.3 is 19.3 Å². The van der Waals surface area contributed by atoms with Crippen molar-refractivity contribution in [1.82, 2.24) is 4.98 Å². The minimum absolute atomic E-state index is 0.395. The second-order valence-corrected chi connectivity index (χ2v) is 6.72. The van der Waals surface area contributed by atoms with Crippen molar-refractivity contribution in [2.24, 2.45) is 5.41 Å². The minimum Gasteiger partial charge on any atom is -0.497 e. The van der Waals surface area contributed by atoms with Gasteiger partial charge in [-0.25, -0.2) is 0 Å². The predicted octanol–water partition coefficient (Wildman–Crippen LogP) is 3.93. The number of hydrogen-bond acceptors (Lipinski definition) is 5. The highest BCUT2D eigenvalue weighted by atomic mass is 16.5. The SMILES string of the molecule is COc1ccc(OC(=Cc2cccnc2)C(O)C(C)(C)C)c(OC)c1. The lowest BCUT2D eigenvalue weighted by molar-refractivity contribution is 0.0635. The standard InChI is InChI=1S/C20H25NO4/c1-20(2,3)19(22)18(11-14-7-6-10-21-13-14)25-16-9-8-15(23-4)12-17(16)24-5/h6-13,19,22H,1-5H3. The number of benzene rings is 1. The molecule has 1 aromatic heterocycles. The minimum atomic E-state index is -0.806. The summed E-state index contributed by atoms with van der Waals surface area (Å²) in [5, 5.41) is 10.8. The molecule has 0 amide bonds. The maximum absolute atomic E-state index is 10.8. The van der Waals surface area contributed by atoms with Crippen molar-refractivity contribution in [1.29, 1.82) is 0 Å². The van der Waals surface area contributed by atoms with Crippen LogP contribution in [0.2, 0.25) is 0 Å². The first kappa shape index (κ1) is 18.8. The Balaban J connectivity index is 2.42. The molecule has 0 bridgehead atoms. The van der Waals surface area contributed by atoms with Gasteiger partial charge in [0.25, 0.3) is 0 Å². The zero-order valence-electron chi connectivity index (χ0n) is 15.3. The number of pyridine rings is 1. The molecule has 2 rings (SSSR count). The van der Waals surface area contributed by atoms with Crippen LogP contribution in [0.4, 0.5) is 0 Å². The first-order valence-electron chi connectivity index (χ1n) is 8.04. The van der Waals surface area contributed by atoms with E-state index in [4.69, 9.17) is 14.2 Å². The van der Waals surface area contributed by atoms with Crippen molar-refractivity contribution in [2.45, 2.75) is 26.9 Å². The number of ether oxygens (including phenoxy) is 3. The van der Waals surface area contributed by atoms with Crippen molar-refractivity contribution in [3.8, 4) is 17.2 Å². The molecule has 5 nitrogen and oxygen atoms in total. The number of aliphatic hydroxyl groups excluding tert-OH is 1. The van der Waals surface area contributed by atoms with Crippen molar-refractivity contribution < 1.29 is 19.3 Å². The Labute approximate surface area is 148 Å². The fraction of sp³-hybridized carbons (Fsp3) is 0.350. The molecule has 0 fully saturated rings. The lowest BCUT2D eigenvalue weighted by atomic mass is 9.87. The maximum atomic E-state index is 10.8. The normalized spacial score (nSPS) is 13.3. The highest BCUT2D eigenvalue weighted by Gasteiger charge is 2.28. The molecule has 1 atom stereocenters. The summed E-state index contributed by atoms with van der Waals surface area (Å²) in [7, 11) is 3.15. The Bertz CT molecular complexity index is 720. The molecule has 5 heteroatoms. The van der Waals surface area contributed by atoms with Gasteiger partial charge in [-0.2, -0.15) is 0 Å². The number of rotatable bonds is 6. The van der Waals surface area contributed by atoms with Crippen LogP contribution in [-0.2, 0) is 0 Å². The predicted molar refractivity (Wildman–Crippen MR) is 97.8 cm³/mol. The molecule has 1 unspecified atom stereocenters. The van der Waals surface area contributed by atoms with Gasteiger partial charge in [-0.1, -0.05) is 26.8 Å². The highest BCUT2D eigenvalue weighted by Crippen LogP contribution is 2.35. The molecule has 2 aromatic rings. The van der Waals surface area contributed by atoms with Gasteiger partial charge in [-0.3, -0.25) is 4.98 Å². The van der Waals surface area contributed by atoms with Gasteiger partial charge in [-0.15, -0.1) is 0 Å². The Morgan fingerprint density at radius 1 is 1.12 bits per heavy atom. The third kappa shape index (κ3) is 4.97. The monoisotopic (exact) mass is 343 g/mol. The summed E-state index contributed by atoms with van der Waals surface area (Å²) in [6.07, 6.45) is 4.39. The number of aromatic nitrogens is 1. The second-order valence-electron chi connectivity index (χ2n) is 6.72. The Hall–Kier alpha value is -2.53. The molecule has 0 spiro atoms. The van der Waals surface area contributed by atoms with Crippen molar-refractivity contribution in [3.63, 3.8) is 0 Å². The number of nitrogens with zero attached hydrogens (tertiary/aromatic N) is 1. The smallest absolute Gasteiger partial charge is 0.169 e. The summed E-state index contributed by atoms with van der Waals surface area (Å²) < 4.78 is 16.6. The van der Waals surface area contributed by atoms with E-state index in [2.05, 4.69) is 4.98 Å². The summed E-state index contributed by atoms with van der Waals surface area (Å²) in [4.78, 5) is 4.10. The van der Waals surface area contributed by atoms with Crippen LogP contribution in [0.1, 0.15) is 26.3 Å². The molecule has 1 aromatic carbocycles. The van der Waals surface area contributed by atoms with Crippen molar-refractivity contribution in [3.05, 3.63) is 54.0 Å². The largest absolute Gasteiger partial charge is 0.497 e. The fourth-order valence-electron chi connectivity index (χ4n) is 2.20. The van der Waals surface area contributed by atoms with Gasteiger partial charge in [0, 0.05) is 18.5 Å². The van der Waals surface area contributed by atoms with Gasteiger partial charge >= 0.3 is 0 Å². The quantitative estimate of drug-likeness (QED) is 0.806. The molecule has 0 aliphatic heterocycles. The lowest BCUT2D eigenvalue weighted by Gasteiger charge is -2.28. The van der Waals surface area contributed by atoms with Crippen molar-refractivity contribution in [2.75, 3.05) is 14.2 Å². The van der Waals surface area contributed by atoms with Gasteiger partial charge in [0.2, 0.25) is 0 Å². The van der Waals surface area contributed by atoms with E-state index >= 15 is 0 Å². The van der Waals surface area contributed by atoms with Crippen molar-refractivity contribution >= 4 is 6.08 Å². The van der Waals surface area contributed by atoms with Crippen LogP contribution < -0.4 is 14.2 Å². The van der Waals surface area contributed by atoms with Crippen LogP contribution in [0, 0.1) is 5.41 Å². The Kier molecular flexibility index (Phi) is 6.04. The summed E-state index contributed by atoms with van der Waals surface area (Å²) >= 11 is 0. The van der Waals surface area contributed by atoms with Gasteiger partial charge in [-0.05, 0) is 35.3 Å². The number of methoxy groups -OCH3 is 2. The molecule has 0 radical (unpaired) electrons. The molecule has 0 saturated heterocycles. The molecule has 0 aliphatic carbocycles. The van der Waals surface area contributed by atoms with E-state index in [-0.39, 0.29) is 0 Å². The molecule has 0 saturated carbocycles. The van der Waals surface area contributed by atoms with E-state index in [0.717, 1.165) is 5.56 Å². The zero-order chi connectivity index (χ0) is 18.4. The molecular formula is C20H25NO4. The van der Waals surface area contributed by atoms with Gasteiger partial charge in [0.1, 0.15) is 17.6 Å². The molecule has 1 N–H and O–H groups in total.